The van der Waals surface area contributed by atoms with Crippen LogP contribution in [0.4, 0.5) is 4.79 Å². The zero-order valence-electron chi connectivity index (χ0n) is 11.9. The molecule has 100 valence electrons. The van der Waals surface area contributed by atoms with Gasteiger partial charge >= 0.3 is 6.03 Å². The summed E-state index contributed by atoms with van der Waals surface area (Å²) in [6.07, 6.45) is 2.36. The third-order valence-electron chi connectivity index (χ3n) is 3.25. The summed E-state index contributed by atoms with van der Waals surface area (Å²) < 4.78 is 0. The van der Waals surface area contributed by atoms with Crippen molar-refractivity contribution < 1.29 is 4.79 Å². The first-order chi connectivity index (χ1) is 7.88. The van der Waals surface area contributed by atoms with Crippen molar-refractivity contribution in [3.8, 4) is 0 Å². The van der Waals surface area contributed by atoms with Crippen LogP contribution in [-0.2, 0) is 0 Å². The molecule has 0 saturated carbocycles. The van der Waals surface area contributed by atoms with Gasteiger partial charge in [-0.1, -0.05) is 34.1 Å². The lowest BCUT2D eigenvalue weighted by atomic mass is 9.91. The Morgan fingerprint density at radius 3 is 2.53 bits per heavy atom. The largest absolute Gasteiger partial charge is 0.338 e. The molecule has 1 aliphatic rings. The Morgan fingerprint density at radius 2 is 2.00 bits per heavy atom. The maximum absolute atomic E-state index is 12.1. The number of carbonyl (C=O) groups is 1. The molecule has 4 heteroatoms. The summed E-state index contributed by atoms with van der Waals surface area (Å²) in [5, 5.41) is 3.01. The molecule has 0 bridgehead atoms. The Hall–Kier alpha value is -0.770. The van der Waals surface area contributed by atoms with E-state index in [1.807, 2.05) is 4.90 Å². The molecule has 2 amide bonds. The molecule has 1 atom stereocenters. The molecule has 17 heavy (non-hydrogen) atoms. The Balaban J connectivity index is 2.60. The third-order valence-corrected chi connectivity index (χ3v) is 3.25. The van der Waals surface area contributed by atoms with Gasteiger partial charge in [-0.2, -0.15) is 0 Å². The van der Waals surface area contributed by atoms with Crippen LogP contribution in [0.3, 0.4) is 0 Å². The normalized spacial score (nSPS) is 21.9. The van der Waals surface area contributed by atoms with Gasteiger partial charge in [0.1, 0.15) is 0 Å². The second-order valence-corrected chi connectivity index (χ2v) is 6.00. The molecule has 0 radical (unpaired) electrons. The van der Waals surface area contributed by atoms with E-state index in [1.54, 1.807) is 0 Å². The number of urea groups is 1. The highest BCUT2D eigenvalue weighted by Crippen LogP contribution is 2.29. The molecule has 0 aliphatic carbocycles. The second kappa shape index (κ2) is 5.71. The molecule has 0 aromatic rings. The van der Waals surface area contributed by atoms with E-state index in [0.717, 1.165) is 32.5 Å². The number of rotatable bonds is 3. The fourth-order valence-corrected chi connectivity index (χ4v) is 2.56. The summed E-state index contributed by atoms with van der Waals surface area (Å²) in [7, 11) is 2.09. The predicted molar refractivity (Wildman–Crippen MR) is 70.9 cm³/mol. The van der Waals surface area contributed by atoms with Crippen LogP contribution >= 0.6 is 0 Å². The molecule has 1 heterocycles. The van der Waals surface area contributed by atoms with E-state index in [0.29, 0.717) is 0 Å². The summed E-state index contributed by atoms with van der Waals surface area (Å²) >= 11 is 0. The zero-order valence-corrected chi connectivity index (χ0v) is 11.9. The van der Waals surface area contributed by atoms with Crippen LogP contribution in [0, 0.1) is 5.41 Å². The number of unbranched alkanes of at least 4 members (excludes halogenated alkanes) is 1. The van der Waals surface area contributed by atoms with Gasteiger partial charge in [0.25, 0.3) is 0 Å². The average Bonchev–Trinajstić information content (AvgIpc) is 2.60. The van der Waals surface area contributed by atoms with Gasteiger partial charge in [0.15, 0.2) is 0 Å². The zero-order chi connectivity index (χ0) is 13.1. The van der Waals surface area contributed by atoms with Crippen molar-refractivity contribution in [3.05, 3.63) is 0 Å². The molecule has 1 aliphatic heterocycles. The monoisotopic (exact) mass is 241 g/mol. The number of nitrogens with zero attached hydrogens (tertiary/aromatic N) is 2. The molecule has 4 nitrogen and oxygen atoms in total. The maximum atomic E-state index is 12.1. The smallest absolute Gasteiger partial charge is 0.318 e. The van der Waals surface area contributed by atoms with Crippen LogP contribution in [0.5, 0.6) is 0 Å². The van der Waals surface area contributed by atoms with Crippen molar-refractivity contribution in [1.82, 2.24) is 15.1 Å². The van der Waals surface area contributed by atoms with Gasteiger partial charge in [0.2, 0.25) is 0 Å². The molecule has 1 unspecified atom stereocenters. The quantitative estimate of drug-likeness (QED) is 0.768. The number of amides is 2. The van der Waals surface area contributed by atoms with Crippen LogP contribution in [0.1, 0.15) is 40.5 Å². The summed E-state index contributed by atoms with van der Waals surface area (Å²) in [5.74, 6) is 0. The predicted octanol–water partition coefficient (Wildman–Crippen LogP) is 2.12. The Morgan fingerprint density at radius 1 is 1.35 bits per heavy atom. The Kier molecular flexibility index (Phi) is 4.80. The second-order valence-electron chi connectivity index (χ2n) is 6.00. The fraction of sp³-hybridized carbons (Fsp3) is 0.923. The molecule has 0 aromatic carbocycles. The summed E-state index contributed by atoms with van der Waals surface area (Å²) in [4.78, 5) is 16.3. The number of hydrogen-bond acceptors (Lipinski definition) is 2. The summed E-state index contributed by atoms with van der Waals surface area (Å²) in [5.41, 5.74) is 0.0906. The fourth-order valence-electron chi connectivity index (χ4n) is 2.56. The van der Waals surface area contributed by atoms with Gasteiger partial charge in [-0.25, -0.2) is 4.79 Å². The molecule has 1 fully saturated rings. The van der Waals surface area contributed by atoms with E-state index in [4.69, 9.17) is 0 Å². The van der Waals surface area contributed by atoms with Gasteiger partial charge < -0.3 is 10.2 Å². The van der Waals surface area contributed by atoms with Gasteiger partial charge in [-0.15, -0.1) is 0 Å². The third kappa shape index (κ3) is 3.60. The molecule has 1 saturated heterocycles. The first-order valence-corrected chi connectivity index (χ1v) is 6.62. The molecule has 0 aromatic heterocycles. The van der Waals surface area contributed by atoms with E-state index < -0.39 is 0 Å². The number of nitrogens with one attached hydrogen (secondary N) is 1. The van der Waals surface area contributed by atoms with Crippen LogP contribution in [0.25, 0.3) is 0 Å². The lowest BCUT2D eigenvalue weighted by Crippen LogP contribution is -2.52. The van der Waals surface area contributed by atoms with Crippen molar-refractivity contribution in [2.45, 2.75) is 46.7 Å². The standard InChI is InChI=1S/C13H27N3O/c1-6-7-8-14-12(17)16-10-9-15(5)11(16)13(2,3)4/h11H,6-10H2,1-5H3,(H,14,17). The van der Waals surface area contributed by atoms with Crippen molar-refractivity contribution in [1.29, 1.82) is 0 Å². The summed E-state index contributed by atoms with van der Waals surface area (Å²) in [6, 6.07) is 0.0859. The van der Waals surface area contributed by atoms with Crippen molar-refractivity contribution in [2.24, 2.45) is 5.41 Å². The molecule has 1 rings (SSSR count). The minimum absolute atomic E-state index is 0.0859. The molecular weight excluding hydrogens is 214 g/mol. The highest BCUT2D eigenvalue weighted by atomic mass is 16.2. The molecule has 1 N–H and O–H groups in total. The van der Waals surface area contributed by atoms with Gasteiger partial charge in [0.05, 0.1) is 6.17 Å². The number of carbonyl (C=O) groups excluding carboxylic acids is 1. The first-order valence-electron chi connectivity index (χ1n) is 6.62. The van der Waals surface area contributed by atoms with E-state index in [-0.39, 0.29) is 17.6 Å². The average molecular weight is 241 g/mol. The highest BCUT2D eigenvalue weighted by molar-refractivity contribution is 5.74. The van der Waals surface area contributed by atoms with Crippen molar-refractivity contribution in [2.75, 3.05) is 26.7 Å². The van der Waals surface area contributed by atoms with E-state index >= 15 is 0 Å². The van der Waals surface area contributed by atoms with Crippen LogP contribution in [-0.4, -0.2) is 48.7 Å². The van der Waals surface area contributed by atoms with Crippen molar-refractivity contribution >= 4 is 6.03 Å². The maximum Gasteiger partial charge on any atom is 0.318 e. The van der Waals surface area contributed by atoms with Gasteiger partial charge in [-0.05, 0) is 18.9 Å². The molecular formula is C13H27N3O. The van der Waals surface area contributed by atoms with Crippen molar-refractivity contribution in [3.63, 3.8) is 0 Å². The lowest BCUT2D eigenvalue weighted by molar-refractivity contribution is 0.0724. The number of hydrogen-bond donors (Lipinski definition) is 1. The van der Waals surface area contributed by atoms with Gasteiger partial charge in [0, 0.05) is 19.6 Å². The van der Waals surface area contributed by atoms with E-state index in [9.17, 15) is 4.79 Å². The van der Waals surface area contributed by atoms with Crippen LogP contribution in [0.15, 0.2) is 0 Å². The Labute approximate surface area is 105 Å². The lowest BCUT2D eigenvalue weighted by Gasteiger charge is -2.38. The minimum Gasteiger partial charge on any atom is -0.338 e. The Bertz CT molecular complexity index is 260. The minimum atomic E-state index is 0.0859. The SMILES string of the molecule is CCCCNC(=O)N1CCN(C)C1C(C)(C)C. The number of likely N-dealkylation sites (N-methyl/N-ethyl adjacent to an activating group) is 1. The highest BCUT2D eigenvalue weighted by Gasteiger charge is 2.40. The summed E-state index contributed by atoms with van der Waals surface area (Å²) in [6.45, 7) is 11.3. The first kappa shape index (κ1) is 14.3. The van der Waals surface area contributed by atoms with E-state index in [2.05, 4.69) is 45.0 Å². The topological polar surface area (TPSA) is 35.6 Å². The van der Waals surface area contributed by atoms with E-state index in [1.165, 1.54) is 0 Å². The van der Waals surface area contributed by atoms with Crippen LogP contribution in [0.2, 0.25) is 0 Å². The van der Waals surface area contributed by atoms with Gasteiger partial charge in [-0.3, -0.25) is 4.90 Å². The van der Waals surface area contributed by atoms with Crippen LogP contribution < -0.4 is 5.32 Å². The molecule has 0 spiro atoms.